The van der Waals surface area contributed by atoms with E-state index in [1.165, 1.54) is 0 Å². The zero-order valence-electron chi connectivity index (χ0n) is 5.16. The van der Waals surface area contributed by atoms with Gasteiger partial charge in [0, 0.05) is 0 Å². The molecule has 0 aromatic heterocycles. The smallest absolute Gasteiger partial charge is 0.870 e. The summed E-state index contributed by atoms with van der Waals surface area (Å²) in [6, 6.07) is 7.60. The van der Waals surface area contributed by atoms with Crippen LogP contribution in [0.4, 0.5) is 0 Å². The second-order valence-electron chi connectivity index (χ2n) is 1.52. The average Bonchev–Trinajstić information content (AvgIpc) is 1.77. The summed E-state index contributed by atoms with van der Waals surface area (Å²) < 4.78 is 0.958. The summed E-state index contributed by atoms with van der Waals surface area (Å²) in [4.78, 5) is 0. The maximum Gasteiger partial charge on any atom is -0.870 e. The molecular formula is C6H6BBrO2. The summed E-state index contributed by atoms with van der Waals surface area (Å²) in [6.07, 6.45) is 0. The first-order valence-electron chi connectivity index (χ1n) is 2.31. The number of rotatable bonds is 0. The van der Waals surface area contributed by atoms with Gasteiger partial charge in [-0.05, 0) is 0 Å². The van der Waals surface area contributed by atoms with Gasteiger partial charge in [-0.25, -0.2) is 0 Å². The molecule has 0 atom stereocenters. The van der Waals surface area contributed by atoms with E-state index >= 15 is 0 Å². The van der Waals surface area contributed by atoms with Crippen LogP contribution in [-0.2, 0) is 0 Å². The van der Waals surface area contributed by atoms with Crippen molar-refractivity contribution in [3.8, 4) is 0 Å². The van der Waals surface area contributed by atoms with E-state index in [0.717, 1.165) is 9.94 Å². The van der Waals surface area contributed by atoms with Gasteiger partial charge in [-0.15, -0.1) is 0 Å². The van der Waals surface area contributed by atoms with E-state index < -0.39 is 0 Å². The maximum absolute atomic E-state index is 5.47. The minimum absolute atomic E-state index is 0. The zero-order valence-corrected chi connectivity index (χ0v) is 6.75. The minimum atomic E-state index is 0. The van der Waals surface area contributed by atoms with Crippen molar-refractivity contribution in [2.75, 3.05) is 0 Å². The monoisotopic (exact) mass is 200 g/mol. The number of hydrogen-bond donors (Lipinski definition) is 0. The molecule has 0 saturated heterocycles. The third-order valence-corrected chi connectivity index (χ3v) is 1.63. The third-order valence-electron chi connectivity index (χ3n) is 0.905. The van der Waals surface area contributed by atoms with E-state index in [2.05, 4.69) is 15.9 Å². The molecule has 1 rings (SSSR count). The second-order valence-corrected chi connectivity index (χ2v) is 2.38. The van der Waals surface area contributed by atoms with Crippen molar-refractivity contribution in [1.82, 2.24) is 0 Å². The van der Waals surface area contributed by atoms with Crippen LogP contribution in [0.3, 0.4) is 0 Å². The Morgan fingerprint density at radius 2 is 1.60 bits per heavy atom. The fourth-order valence-corrected chi connectivity index (χ4v) is 0.760. The topological polar surface area (TPSA) is 60.0 Å². The Morgan fingerprint density at radius 3 is 1.90 bits per heavy atom. The average molecular weight is 201 g/mol. The van der Waals surface area contributed by atoms with Crippen LogP contribution in [0.2, 0.25) is 0 Å². The standard InChI is InChI=1S/C6H4BBr.2H2O/c7-5-3-1-2-4-6(5)8;;/h1-4H;2*1H2/q+2;;/p-2. The first-order chi connectivity index (χ1) is 3.80. The van der Waals surface area contributed by atoms with E-state index in [-0.39, 0.29) is 11.0 Å². The Bertz CT molecular complexity index is 172. The van der Waals surface area contributed by atoms with Gasteiger partial charge in [0.2, 0.25) is 0 Å². The summed E-state index contributed by atoms with van der Waals surface area (Å²) >= 11 is 3.27. The molecule has 0 aliphatic heterocycles. The molecule has 0 radical (unpaired) electrons. The van der Waals surface area contributed by atoms with Gasteiger partial charge in [0.1, 0.15) is 0 Å². The van der Waals surface area contributed by atoms with Crippen LogP contribution >= 0.6 is 15.9 Å². The third kappa shape index (κ3) is 3.01. The zero-order chi connectivity index (χ0) is 5.98. The van der Waals surface area contributed by atoms with Crippen LogP contribution in [0.5, 0.6) is 0 Å². The number of halogens is 1. The molecule has 2 nitrogen and oxygen atoms in total. The molecular weight excluding hydrogens is 195 g/mol. The van der Waals surface area contributed by atoms with Gasteiger partial charge in [-0.1, -0.05) is 0 Å². The van der Waals surface area contributed by atoms with Gasteiger partial charge < -0.3 is 11.0 Å². The summed E-state index contributed by atoms with van der Waals surface area (Å²) in [5, 5.41) is 0. The Labute approximate surface area is 69.4 Å². The van der Waals surface area contributed by atoms with Crippen molar-refractivity contribution in [2.24, 2.45) is 0 Å². The molecule has 0 aliphatic carbocycles. The van der Waals surface area contributed by atoms with Gasteiger partial charge >= 0.3 is 58.0 Å². The Morgan fingerprint density at radius 1 is 1.10 bits per heavy atom. The van der Waals surface area contributed by atoms with Gasteiger partial charge in [0.05, 0.1) is 0 Å². The van der Waals surface area contributed by atoms with Gasteiger partial charge in [-0.3, -0.25) is 0 Å². The van der Waals surface area contributed by atoms with Crippen LogP contribution in [0, 0.1) is 0 Å². The predicted octanol–water partition coefficient (Wildman–Crippen LogP) is 0.889. The van der Waals surface area contributed by atoms with Crippen molar-refractivity contribution >= 4 is 29.2 Å². The van der Waals surface area contributed by atoms with E-state index in [9.17, 15) is 0 Å². The summed E-state index contributed by atoms with van der Waals surface area (Å²) in [5.74, 6) is 0. The fourth-order valence-electron chi connectivity index (χ4n) is 0.475. The van der Waals surface area contributed by atoms with Crippen LogP contribution < -0.4 is 5.46 Å². The first-order valence-corrected chi connectivity index (χ1v) is 3.10. The van der Waals surface area contributed by atoms with Crippen molar-refractivity contribution in [3.63, 3.8) is 0 Å². The first kappa shape index (κ1) is 12.4. The van der Waals surface area contributed by atoms with Crippen LogP contribution in [0.1, 0.15) is 0 Å². The molecule has 0 spiro atoms. The van der Waals surface area contributed by atoms with Crippen LogP contribution in [0.25, 0.3) is 0 Å². The van der Waals surface area contributed by atoms with E-state index in [1.54, 1.807) is 0 Å². The minimum Gasteiger partial charge on any atom is -0.870 e. The molecule has 0 saturated carbocycles. The summed E-state index contributed by atoms with van der Waals surface area (Å²) in [5.41, 5.74) is 0.785. The van der Waals surface area contributed by atoms with Crippen LogP contribution in [-0.4, -0.2) is 18.8 Å². The molecule has 0 aliphatic rings. The number of hydrogen-bond acceptors (Lipinski definition) is 2. The Balaban J connectivity index is 0. The van der Waals surface area contributed by atoms with Crippen LogP contribution in [0.15, 0.2) is 28.7 Å². The fraction of sp³-hybridized carbons (Fsp3) is 0. The SMILES string of the molecule is [B+2]c1ccccc1Br.[OH-].[OH-]. The van der Waals surface area contributed by atoms with E-state index in [1.807, 2.05) is 24.3 Å². The van der Waals surface area contributed by atoms with Gasteiger partial charge in [-0.2, -0.15) is 0 Å². The molecule has 4 heteroatoms. The van der Waals surface area contributed by atoms with Crippen molar-refractivity contribution in [1.29, 1.82) is 0 Å². The van der Waals surface area contributed by atoms with Gasteiger partial charge in [0.15, 0.2) is 0 Å². The summed E-state index contributed by atoms with van der Waals surface area (Å²) in [7, 11) is 5.47. The molecule has 0 unspecified atom stereocenters. The summed E-state index contributed by atoms with van der Waals surface area (Å²) in [6.45, 7) is 0. The molecule has 1 aromatic rings. The normalized spacial score (nSPS) is 7.50. The van der Waals surface area contributed by atoms with E-state index in [4.69, 9.17) is 7.85 Å². The molecule has 0 fully saturated rings. The number of benzene rings is 1. The molecule has 0 amide bonds. The molecule has 0 bridgehead atoms. The Hall–Kier alpha value is -0.315. The van der Waals surface area contributed by atoms with Gasteiger partial charge in [0.25, 0.3) is 0 Å². The molecule has 0 heterocycles. The molecule has 10 heavy (non-hydrogen) atoms. The van der Waals surface area contributed by atoms with Crippen molar-refractivity contribution in [2.45, 2.75) is 0 Å². The largest absolute Gasteiger partial charge is 0.870 e. The van der Waals surface area contributed by atoms with Crippen molar-refractivity contribution < 1.29 is 11.0 Å². The van der Waals surface area contributed by atoms with E-state index in [0.29, 0.717) is 0 Å². The predicted molar refractivity (Wildman–Crippen MR) is 43.4 cm³/mol. The molecule has 1 aromatic carbocycles. The quantitative estimate of drug-likeness (QED) is 0.585. The Kier molecular flexibility index (Phi) is 6.76. The molecule has 2 N–H and O–H groups in total. The maximum atomic E-state index is 5.47. The van der Waals surface area contributed by atoms with Crippen molar-refractivity contribution in [3.05, 3.63) is 28.7 Å². The molecule has 52 valence electrons. The second kappa shape index (κ2) is 5.47.